The van der Waals surface area contributed by atoms with Crippen LogP contribution in [0.2, 0.25) is 5.02 Å². The van der Waals surface area contributed by atoms with Gasteiger partial charge in [-0.15, -0.1) is 0 Å². The van der Waals surface area contributed by atoms with Crippen LogP contribution >= 0.6 is 11.6 Å². The van der Waals surface area contributed by atoms with E-state index in [4.69, 9.17) is 16.7 Å². The van der Waals surface area contributed by atoms with Crippen molar-refractivity contribution in [2.45, 2.75) is 18.9 Å². The van der Waals surface area contributed by atoms with Gasteiger partial charge in [-0.2, -0.15) is 0 Å². The van der Waals surface area contributed by atoms with E-state index >= 15 is 0 Å². The van der Waals surface area contributed by atoms with Gasteiger partial charge in [-0.25, -0.2) is 0 Å². The molecule has 0 amide bonds. The molecule has 1 saturated heterocycles. The molecular weight excluding hydrogens is 226 g/mol. The van der Waals surface area contributed by atoms with Crippen LogP contribution in [0.25, 0.3) is 0 Å². The van der Waals surface area contributed by atoms with Crippen LogP contribution in [0.4, 0.5) is 0 Å². The van der Waals surface area contributed by atoms with E-state index in [-0.39, 0.29) is 5.92 Å². The van der Waals surface area contributed by atoms with Gasteiger partial charge in [-0.05, 0) is 43.0 Å². The van der Waals surface area contributed by atoms with Crippen molar-refractivity contribution in [2.24, 2.45) is 5.92 Å². The largest absolute Gasteiger partial charge is 0.480 e. The Balaban J connectivity index is 2.06. The topological polar surface area (TPSA) is 49.3 Å². The average Bonchev–Trinajstić information content (AvgIpc) is 2.66. The molecular formula is C12H14ClNO2. The lowest BCUT2D eigenvalue weighted by Crippen LogP contribution is -2.36. The van der Waals surface area contributed by atoms with Gasteiger partial charge in [0.1, 0.15) is 6.04 Å². The summed E-state index contributed by atoms with van der Waals surface area (Å²) >= 11 is 5.90. The summed E-state index contributed by atoms with van der Waals surface area (Å²) in [6.45, 7) is 0.780. The Morgan fingerprint density at radius 3 is 3.06 bits per heavy atom. The van der Waals surface area contributed by atoms with E-state index in [9.17, 15) is 4.79 Å². The second-order valence-corrected chi connectivity index (χ2v) is 4.59. The van der Waals surface area contributed by atoms with Crippen LogP contribution in [0.3, 0.4) is 0 Å². The Morgan fingerprint density at radius 2 is 2.38 bits per heavy atom. The molecule has 3 nitrogen and oxygen atoms in total. The van der Waals surface area contributed by atoms with E-state index in [1.165, 1.54) is 0 Å². The lowest BCUT2D eigenvalue weighted by molar-refractivity contribution is -0.140. The SMILES string of the molecule is O=C(O)[C@H]1NCCC1Cc1cccc(Cl)c1. The fraction of sp³-hybridized carbons (Fsp3) is 0.417. The molecule has 0 radical (unpaired) electrons. The fourth-order valence-corrected chi connectivity index (χ4v) is 2.45. The summed E-state index contributed by atoms with van der Waals surface area (Å²) in [6, 6.07) is 7.20. The molecule has 1 heterocycles. The lowest BCUT2D eigenvalue weighted by Gasteiger charge is -2.15. The summed E-state index contributed by atoms with van der Waals surface area (Å²) < 4.78 is 0. The summed E-state index contributed by atoms with van der Waals surface area (Å²) in [7, 11) is 0. The summed E-state index contributed by atoms with van der Waals surface area (Å²) in [5.74, 6) is -0.597. The first-order valence-corrected chi connectivity index (χ1v) is 5.75. The maximum atomic E-state index is 11.0. The van der Waals surface area contributed by atoms with E-state index in [1.807, 2.05) is 24.3 Å². The Morgan fingerprint density at radius 1 is 1.56 bits per heavy atom. The summed E-state index contributed by atoms with van der Waals surface area (Å²) in [4.78, 5) is 11.0. The van der Waals surface area contributed by atoms with Crippen molar-refractivity contribution in [3.63, 3.8) is 0 Å². The molecule has 1 aromatic rings. The van der Waals surface area contributed by atoms with Crippen LogP contribution in [0.1, 0.15) is 12.0 Å². The minimum atomic E-state index is -0.760. The van der Waals surface area contributed by atoms with Gasteiger partial charge in [0.05, 0.1) is 0 Å². The quantitative estimate of drug-likeness (QED) is 0.848. The Bertz CT molecular complexity index is 394. The van der Waals surface area contributed by atoms with E-state index in [1.54, 1.807) is 0 Å². The third kappa shape index (κ3) is 2.54. The first-order chi connectivity index (χ1) is 7.66. The number of carboxylic acid groups (broad SMARTS) is 1. The van der Waals surface area contributed by atoms with Crippen LogP contribution in [0.5, 0.6) is 0 Å². The van der Waals surface area contributed by atoms with Crippen molar-refractivity contribution in [1.29, 1.82) is 0 Å². The van der Waals surface area contributed by atoms with E-state index in [2.05, 4.69) is 5.32 Å². The van der Waals surface area contributed by atoms with Crippen molar-refractivity contribution in [1.82, 2.24) is 5.32 Å². The van der Waals surface area contributed by atoms with Crippen LogP contribution in [-0.2, 0) is 11.2 Å². The highest BCUT2D eigenvalue weighted by atomic mass is 35.5. The van der Waals surface area contributed by atoms with E-state index < -0.39 is 12.0 Å². The van der Waals surface area contributed by atoms with Crippen LogP contribution < -0.4 is 5.32 Å². The minimum Gasteiger partial charge on any atom is -0.480 e. The number of benzene rings is 1. The first kappa shape index (κ1) is 11.4. The molecule has 4 heteroatoms. The van der Waals surface area contributed by atoms with Gasteiger partial charge in [0, 0.05) is 5.02 Å². The number of rotatable bonds is 3. The van der Waals surface area contributed by atoms with Gasteiger partial charge in [-0.3, -0.25) is 4.79 Å². The summed E-state index contributed by atoms with van der Waals surface area (Å²) in [5.41, 5.74) is 1.10. The lowest BCUT2D eigenvalue weighted by atomic mass is 9.93. The van der Waals surface area contributed by atoms with Crippen molar-refractivity contribution in [3.05, 3.63) is 34.9 Å². The molecule has 1 unspecified atom stereocenters. The van der Waals surface area contributed by atoms with Crippen molar-refractivity contribution in [3.8, 4) is 0 Å². The smallest absolute Gasteiger partial charge is 0.320 e. The third-order valence-corrected chi connectivity index (χ3v) is 3.24. The highest BCUT2D eigenvalue weighted by molar-refractivity contribution is 6.30. The molecule has 16 heavy (non-hydrogen) atoms. The zero-order chi connectivity index (χ0) is 11.5. The zero-order valence-corrected chi connectivity index (χ0v) is 9.57. The highest BCUT2D eigenvalue weighted by Crippen LogP contribution is 2.22. The second kappa shape index (κ2) is 4.85. The molecule has 2 rings (SSSR count). The van der Waals surface area contributed by atoms with Crippen molar-refractivity contribution < 1.29 is 9.90 Å². The maximum Gasteiger partial charge on any atom is 0.320 e. The van der Waals surface area contributed by atoms with E-state index in [0.29, 0.717) is 5.02 Å². The number of carbonyl (C=O) groups is 1. The summed E-state index contributed by atoms with van der Waals surface area (Å²) in [6.07, 6.45) is 1.67. The molecule has 1 aliphatic rings. The minimum absolute atomic E-state index is 0.163. The number of carboxylic acids is 1. The van der Waals surface area contributed by atoms with Gasteiger partial charge in [0.15, 0.2) is 0 Å². The Hall–Kier alpha value is -1.06. The molecule has 86 valence electrons. The Kier molecular flexibility index (Phi) is 3.46. The van der Waals surface area contributed by atoms with Crippen LogP contribution in [-0.4, -0.2) is 23.7 Å². The molecule has 1 aliphatic heterocycles. The molecule has 0 aliphatic carbocycles. The normalized spacial score (nSPS) is 24.6. The third-order valence-electron chi connectivity index (χ3n) is 3.00. The fourth-order valence-electron chi connectivity index (χ4n) is 2.23. The molecule has 0 spiro atoms. The standard InChI is InChI=1S/C12H14ClNO2/c13-10-3-1-2-8(7-10)6-9-4-5-14-11(9)12(15)16/h1-3,7,9,11,14H,4-6H2,(H,15,16)/t9?,11-/m0/s1. The van der Waals surface area contributed by atoms with Gasteiger partial charge < -0.3 is 10.4 Å². The van der Waals surface area contributed by atoms with Gasteiger partial charge in [0.25, 0.3) is 0 Å². The van der Waals surface area contributed by atoms with Crippen molar-refractivity contribution in [2.75, 3.05) is 6.54 Å². The molecule has 2 atom stereocenters. The number of hydrogen-bond donors (Lipinski definition) is 2. The monoisotopic (exact) mass is 239 g/mol. The number of nitrogens with one attached hydrogen (secondary N) is 1. The number of halogens is 1. The van der Waals surface area contributed by atoms with Crippen LogP contribution in [0, 0.1) is 5.92 Å². The molecule has 0 aromatic heterocycles. The average molecular weight is 240 g/mol. The molecule has 0 saturated carbocycles. The predicted molar refractivity (Wildman–Crippen MR) is 62.7 cm³/mol. The first-order valence-electron chi connectivity index (χ1n) is 5.37. The maximum absolute atomic E-state index is 11.0. The molecule has 2 N–H and O–H groups in total. The number of hydrogen-bond acceptors (Lipinski definition) is 2. The Labute approximate surface area is 99.4 Å². The van der Waals surface area contributed by atoms with Crippen molar-refractivity contribution >= 4 is 17.6 Å². The highest BCUT2D eigenvalue weighted by Gasteiger charge is 2.32. The van der Waals surface area contributed by atoms with Gasteiger partial charge >= 0.3 is 5.97 Å². The predicted octanol–water partition coefficient (Wildman–Crippen LogP) is 1.95. The number of aliphatic carboxylic acids is 1. The zero-order valence-electron chi connectivity index (χ0n) is 8.82. The van der Waals surface area contributed by atoms with Gasteiger partial charge in [0.2, 0.25) is 0 Å². The molecule has 1 aromatic carbocycles. The summed E-state index contributed by atoms with van der Waals surface area (Å²) in [5, 5.41) is 12.7. The molecule has 1 fully saturated rings. The van der Waals surface area contributed by atoms with Gasteiger partial charge in [-0.1, -0.05) is 23.7 Å². The van der Waals surface area contributed by atoms with E-state index in [0.717, 1.165) is 24.9 Å². The van der Waals surface area contributed by atoms with Crippen LogP contribution in [0.15, 0.2) is 24.3 Å². The molecule has 0 bridgehead atoms. The second-order valence-electron chi connectivity index (χ2n) is 4.15.